The number of nitrogens with zero attached hydrogens (tertiary/aromatic N) is 2. The van der Waals surface area contributed by atoms with Crippen LogP contribution in [0.2, 0.25) is 5.02 Å². The molecule has 1 aliphatic carbocycles. The Hall–Kier alpha value is -1.92. The van der Waals surface area contributed by atoms with Gasteiger partial charge in [0.25, 0.3) is 0 Å². The first kappa shape index (κ1) is 14.7. The van der Waals surface area contributed by atoms with Crippen molar-refractivity contribution >= 4 is 50.3 Å². The Labute approximate surface area is 145 Å². The summed E-state index contributed by atoms with van der Waals surface area (Å²) in [4.78, 5) is 24.0. The lowest BCUT2D eigenvalue weighted by Gasteiger charge is -2.04. The molecule has 3 aromatic rings. The average molecular weight is 392 g/mol. The van der Waals surface area contributed by atoms with E-state index in [-0.39, 0.29) is 11.8 Å². The van der Waals surface area contributed by atoms with Crippen LogP contribution in [0.3, 0.4) is 0 Å². The molecule has 2 N–H and O–H groups in total. The van der Waals surface area contributed by atoms with Crippen LogP contribution >= 0.6 is 27.5 Å². The SMILES string of the molecule is O=C(Nc1nccc2nc(-c3c(Cl)cccc3Br)[nH]c12)C1CC1. The topological polar surface area (TPSA) is 70.7 Å². The Bertz CT molecular complexity index is 899. The van der Waals surface area contributed by atoms with Crippen LogP contribution in [0.5, 0.6) is 0 Å². The van der Waals surface area contributed by atoms with Gasteiger partial charge in [-0.1, -0.05) is 17.7 Å². The van der Waals surface area contributed by atoms with E-state index in [0.717, 1.165) is 28.4 Å². The number of rotatable bonds is 3. The normalized spacial score (nSPS) is 14.2. The molecule has 4 rings (SSSR count). The summed E-state index contributed by atoms with van der Waals surface area (Å²) in [6.45, 7) is 0. The van der Waals surface area contributed by atoms with Crippen LogP contribution in [0.1, 0.15) is 12.8 Å². The minimum Gasteiger partial charge on any atom is -0.335 e. The van der Waals surface area contributed by atoms with Gasteiger partial charge in [-0.3, -0.25) is 4.79 Å². The first-order chi connectivity index (χ1) is 11.1. The number of anilines is 1. The first-order valence-electron chi connectivity index (χ1n) is 7.23. The quantitative estimate of drug-likeness (QED) is 0.695. The number of imidazole rings is 1. The summed E-state index contributed by atoms with van der Waals surface area (Å²) in [5.74, 6) is 1.26. The molecule has 0 aliphatic heterocycles. The van der Waals surface area contributed by atoms with E-state index in [0.29, 0.717) is 22.2 Å². The van der Waals surface area contributed by atoms with E-state index < -0.39 is 0 Å². The minimum absolute atomic E-state index is 0.0140. The van der Waals surface area contributed by atoms with Crippen LogP contribution in [-0.2, 0) is 4.79 Å². The number of carbonyl (C=O) groups is 1. The first-order valence-corrected chi connectivity index (χ1v) is 8.40. The van der Waals surface area contributed by atoms with Crippen molar-refractivity contribution in [3.8, 4) is 11.4 Å². The predicted molar refractivity (Wildman–Crippen MR) is 93.4 cm³/mol. The second-order valence-corrected chi connectivity index (χ2v) is 6.76. The molecule has 0 saturated heterocycles. The van der Waals surface area contributed by atoms with Crippen LogP contribution in [0.4, 0.5) is 5.82 Å². The van der Waals surface area contributed by atoms with Crippen LogP contribution in [0.15, 0.2) is 34.9 Å². The number of benzene rings is 1. The standard InChI is InChI=1S/C16H12BrClN4O/c17-9-2-1-3-10(18)12(9)14-20-11-6-7-19-15(13(11)21-14)22-16(23)8-4-5-8/h1-3,6-8H,4-5H2,(H,20,21)(H,19,22,23). The van der Waals surface area contributed by atoms with Crippen molar-refractivity contribution in [2.24, 2.45) is 5.92 Å². The van der Waals surface area contributed by atoms with Gasteiger partial charge < -0.3 is 10.3 Å². The number of halogens is 2. The van der Waals surface area contributed by atoms with E-state index in [1.807, 2.05) is 18.2 Å². The van der Waals surface area contributed by atoms with Crippen molar-refractivity contribution in [1.29, 1.82) is 0 Å². The van der Waals surface area contributed by atoms with Crippen LogP contribution in [-0.4, -0.2) is 20.9 Å². The molecule has 1 saturated carbocycles. The molecule has 0 bridgehead atoms. The molecular weight excluding hydrogens is 380 g/mol. The maximum absolute atomic E-state index is 12.0. The van der Waals surface area contributed by atoms with Crippen molar-refractivity contribution in [3.63, 3.8) is 0 Å². The average Bonchev–Trinajstić information content (AvgIpc) is 3.28. The van der Waals surface area contributed by atoms with Crippen molar-refractivity contribution in [3.05, 3.63) is 40.0 Å². The molecule has 0 radical (unpaired) electrons. The number of amides is 1. The van der Waals surface area contributed by atoms with Gasteiger partial charge in [-0.15, -0.1) is 0 Å². The molecule has 1 aliphatic rings. The number of carbonyl (C=O) groups excluding carboxylic acids is 1. The Kier molecular flexibility index (Phi) is 3.58. The fourth-order valence-electron chi connectivity index (χ4n) is 2.44. The molecule has 2 aromatic heterocycles. The van der Waals surface area contributed by atoms with Gasteiger partial charge in [-0.05, 0) is 47.0 Å². The van der Waals surface area contributed by atoms with E-state index in [1.54, 1.807) is 12.3 Å². The minimum atomic E-state index is 0.0140. The number of aromatic amines is 1. The van der Waals surface area contributed by atoms with Crippen LogP contribution < -0.4 is 5.32 Å². The van der Waals surface area contributed by atoms with Gasteiger partial charge in [-0.25, -0.2) is 9.97 Å². The monoisotopic (exact) mass is 390 g/mol. The lowest BCUT2D eigenvalue weighted by molar-refractivity contribution is -0.117. The largest absolute Gasteiger partial charge is 0.335 e. The Morgan fingerprint density at radius 2 is 2.17 bits per heavy atom. The number of fused-ring (bicyclic) bond motifs is 1. The van der Waals surface area contributed by atoms with Crippen molar-refractivity contribution < 1.29 is 4.79 Å². The van der Waals surface area contributed by atoms with Crippen LogP contribution in [0, 0.1) is 5.92 Å². The third-order valence-electron chi connectivity index (χ3n) is 3.79. The molecule has 2 heterocycles. The molecular formula is C16H12BrClN4O. The summed E-state index contributed by atoms with van der Waals surface area (Å²) in [6.07, 6.45) is 3.53. The zero-order valence-electron chi connectivity index (χ0n) is 11.9. The fraction of sp³-hybridized carbons (Fsp3) is 0.188. The number of hydrogen-bond donors (Lipinski definition) is 2. The predicted octanol–water partition coefficient (Wildman–Crippen LogP) is 4.39. The lowest BCUT2D eigenvalue weighted by atomic mass is 10.2. The van der Waals surface area contributed by atoms with Gasteiger partial charge in [0.15, 0.2) is 5.82 Å². The summed E-state index contributed by atoms with van der Waals surface area (Å²) in [5, 5.41) is 3.47. The zero-order chi connectivity index (χ0) is 16.0. The van der Waals surface area contributed by atoms with E-state index in [4.69, 9.17) is 11.6 Å². The molecule has 0 unspecified atom stereocenters. The molecule has 1 fully saturated rings. The molecule has 1 aromatic carbocycles. The second-order valence-electron chi connectivity index (χ2n) is 5.50. The summed E-state index contributed by atoms with van der Waals surface area (Å²) >= 11 is 9.79. The highest BCUT2D eigenvalue weighted by Crippen LogP contribution is 2.35. The fourth-order valence-corrected chi connectivity index (χ4v) is 3.37. The van der Waals surface area contributed by atoms with Gasteiger partial charge in [0, 0.05) is 16.6 Å². The molecule has 0 atom stereocenters. The Morgan fingerprint density at radius 3 is 2.91 bits per heavy atom. The number of aromatic nitrogens is 3. The molecule has 1 amide bonds. The Morgan fingerprint density at radius 1 is 1.35 bits per heavy atom. The summed E-state index contributed by atoms with van der Waals surface area (Å²) in [5.41, 5.74) is 2.21. The molecule has 0 spiro atoms. The molecule has 116 valence electrons. The smallest absolute Gasteiger partial charge is 0.228 e. The number of hydrogen-bond acceptors (Lipinski definition) is 3. The third-order valence-corrected chi connectivity index (χ3v) is 4.77. The van der Waals surface area contributed by atoms with Crippen molar-refractivity contribution in [2.75, 3.05) is 5.32 Å². The Balaban J connectivity index is 1.80. The van der Waals surface area contributed by atoms with Crippen LogP contribution in [0.25, 0.3) is 22.4 Å². The van der Waals surface area contributed by atoms with Gasteiger partial charge in [0.05, 0.1) is 16.1 Å². The van der Waals surface area contributed by atoms with Gasteiger partial charge >= 0.3 is 0 Å². The number of nitrogens with one attached hydrogen (secondary N) is 2. The highest BCUT2D eigenvalue weighted by Gasteiger charge is 2.30. The third kappa shape index (κ3) is 2.72. The van der Waals surface area contributed by atoms with E-state index in [2.05, 4.69) is 36.2 Å². The molecule has 5 nitrogen and oxygen atoms in total. The maximum atomic E-state index is 12.0. The van der Waals surface area contributed by atoms with Crippen molar-refractivity contribution in [2.45, 2.75) is 12.8 Å². The van der Waals surface area contributed by atoms with E-state index in [9.17, 15) is 4.79 Å². The van der Waals surface area contributed by atoms with Crippen molar-refractivity contribution in [1.82, 2.24) is 15.0 Å². The number of H-pyrrole nitrogens is 1. The van der Waals surface area contributed by atoms with Gasteiger partial charge in [0.1, 0.15) is 11.3 Å². The summed E-state index contributed by atoms with van der Waals surface area (Å²) in [7, 11) is 0. The zero-order valence-corrected chi connectivity index (χ0v) is 14.3. The maximum Gasteiger partial charge on any atom is 0.228 e. The molecule has 23 heavy (non-hydrogen) atoms. The summed E-state index contributed by atoms with van der Waals surface area (Å²) in [6, 6.07) is 7.37. The van der Waals surface area contributed by atoms with E-state index in [1.165, 1.54) is 0 Å². The summed E-state index contributed by atoms with van der Waals surface area (Å²) < 4.78 is 0.848. The molecule has 7 heteroatoms. The second kappa shape index (κ2) is 5.62. The number of pyridine rings is 1. The highest BCUT2D eigenvalue weighted by atomic mass is 79.9. The van der Waals surface area contributed by atoms with Gasteiger partial charge in [-0.2, -0.15) is 0 Å². The van der Waals surface area contributed by atoms with E-state index >= 15 is 0 Å². The highest BCUT2D eigenvalue weighted by molar-refractivity contribution is 9.10. The lowest BCUT2D eigenvalue weighted by Crippen LogP contribution is -2.14. The van der Waals surface area contributed by atoms with Gasteiger partial charge in [0.2, 0.25) is 5.91 Å².